The van der Waals surface area contributed by atoms with E-state index in [0.717, 1.165) is 16.7 Å². The number of hydrogen-bond acceptors (Lipinski definition) is 6. The second-order valence-corrected chi connectivity index (χ2v) is 12.5. The average Bonchev–Trinajstić information content (AvgIpc) is 3.77. The summed E-state index contributed by atoms with van der Waals surface area (Å²) in [5, 5.41) is 2.76. The summed E-state index contributed by atoms with van der Waals surface area (Å²) >= 11 is 0. The summed E-state index contributed by atoms with van der Waals surface area (Å²) in [6.07, 6.45) is -5.17. The second kappa shape index (κ2) is 10.4. The Labute approximate surface area is 246 Å². The average molecular weight is 609 g/mol. The molecule has 1 saturated carbocycles. The van der Waals surface area contributed by atoms with E-state index >= 15 is 0 Å². The number of anilines is 1. The van der Waals surface area contributed by atoms with Gasteiger partial charge in [0.15, 0.2) is 0 Å². The fourth-order valence-electron chi connectivity index (χ4n) is 5.40. The predicted octanol–water partition coefficient (Wildman–Crippen LogP) is 6.02. The molecule has 2 heterocycles. The highest BCUT2D eigenvalue weighted by Crippen LogP contribution is 2.58. The zero-order valence-electron chi connectivity index (χ0n) is 23.2. The number of carbonyl (C=O) groups excluding carboxylic acids is 1. The highest BCUT2D eigenvalue weighted by molar-refractivity contribution is 7.92. The van der Waals surface area contributed by atoms with Crippen LogP contribution in [-0.4, -0.2) is 37.0 Å². The van der Waals surface area contributed by atoms with E-state index in [0.29, 0.717) is 11.3 Å². The molecule has 3 aromatic carbocycles. The normalized spacial score (nSPS) is 19.0. The predicted molar refractivity (Wildman–Crippen MR) is 153 cm³/mol. The number of sulfonamides is 1. The first-order valence-electron chi connectivity index (χ1n) is 13.6. The van der Waals surface area contributed by atoms with Gasteiger partial charge in [-0.3, -0.25) is 4.79 Å². The molecule has 1 aliphatic heterocycles. The van der Waals surface area contributed by atoms with E-state index in [4.69, 9.17) is 4.74 Å². The minimum absolute atomic E-state index is 0.00795. The first kappa shape index (κ1) is 28.7. The molecular formula is C31H27F3N4O4S. The third kappa shape index (κ3) is 5.42. The molecule has 1 aromatic heterocycles. The fraction of sp³-hybridized carbons (Fsp3) is 0.258. The van der Waals surface area contributed by atoms with E-state index in [-0.39, 0.29) is 47.2 Å². The molecule has 0 saturated heterocycles. The molecule has 1 unspecified atom stereocenters. The minimum atomic E-state index is -4.35. The number of halogens is 3. The van der Waals surface area contributed by atoms with Crippen LogP contribution in [-0.2, 0) is 15.4 Å². The molecule has 2 aliphatic rings. The van der Waals surface area contributed by atoms with E-state index in [9.17, 15) is 26.4 Å². The molecule has 1 fully saturated rings. The van der Waals surface area contributed by atoms with Crippen molar-refractivity contribution in [1.82, 2.24) is 15.3 Å². The van der Waals surface area contributed by atoms with Gasteiger partial charge in [0.05, 0.1) is 22.5 Å². The van der Waals surface area contributed by atoms with Crippen LogP contribution in [0.5, 0.6) is 5.88 Å². The van der Waals surface area contributed by atoms with Crippen molar-refractivity contribution < 1.29 is 31.1 Å². The highest BCUT2D eigenvalue weighted by Gasteiger charge is 2.64. The fourth-order valence-corrected chi connectivity index (χ4v) is 6.39. The van der Waals surface area contributed by atoms with E-state index in [1.807, 2.05) is 32.0 Å². The number of alkyl halides is 3. The van der Waals surface area contributed by atoms with E-state index in [1.165, 1.54) is 36.4 Å². The molecule has 1 aliphatic carbocycles. The second-order valence-electron chi connectivity index (χ2n) is 10.8. The largest absolute Gasteiger partial charge is 0.467 e. The van der Waals surface area contributed by atoms with Gasteiger partial charge in [0, 0.05) is 17.2 Å². The molecular weight excluding hydrogens is 581 g/mol. The zero-order chi connectivity index (χ0) is 30.6. The quantitative estimate of drug-likeness (QED) is 0.295. The van der Waals surface area contributed by atoms with Gasteiger partial charge in [0.1, 0.15) is 6.10 Å². The van der Waals surface area contributed by atoms with Gasteiger partial charge < -0.3 is 10.1 Å². The third-order valence-corrected chi connectivity index (χ3v) is 9.24. The lowest BCUT2D eigenvalue weighted by atomic mass is 9.93. The number of fused-ring (bicyclic) bond motifs is 4. The molecule has 43 heavy (non-hydrogen) atoms. The van der Waals surface area contributed by atoms with Crippen LogP contribution in [0.2, 0.25) is 0 Å². The van der Waals surface area contributed by atoms with Crippen molar-refractivity contribution in [2.45, 2.75) is 49.3 Å². The maximum absolute atomic E-state index is 13.7. The van der Waals surface area contributed by atoms with Gasteiger partial charge in [-0.2, -0.15) is 18.2 Å². The van der Waals surface area contributed by atoms with E-state index in [2.05, 4.69) is 20.0 Å². The Kier molecular flexibility index (Phi) is 6.91. The molecule has 4 bridgehead atoms. The summed E-state index contributed by atoms with van der Waals surface area (Å²) in [6, 6.07) is 18.7. The van der Waals surface area contributed by atoms with E-state index < -0.39 is 33.6 Å². The lowest BCUT2D eigenvalue weighted by Crippen LogP contribution is -2.31. The molecule has 0 radical (unpaired) electrons. The van der Waals surface area contributed by atoms with Gasteiger partial charge in [0.2, 0.25) is 11.8 Å². The van der Waals surface area contributed by atoms with Crippen molar-refractivity contribution in [2.75, 3.05) is 11.3 Å². The topological polar surface area (TPSA) is 110 Å². The molecule has 0 spiro atoms. The molecule has 2 N–H and O–H groups in total. The van der Waals surface area contributed by atoms with Crippen LogP contribution in [0.3, 0.4) is 0 Å². The van der Waals surface area contributed by atoms with Crippen molar-refractivity contribution in [2.24, 2.45) is 0 Å². The number of nitrogens with one attached hydrogen (secondary N) is 2. The van der Waals surface area contributed by atoms with Crippen molar-refractivity contribution in [3.8, 4) is 17.1 Å². The Morgan fingerprint density at radius 3 is 2.26 bits per heavy atom. The smallest absolute Gasteiger partial charge is 0.398 e. The van der Waals surface area contributed by atoms with Gasteiger partial charge in [-0.15, -0.1) is 0 Å². The lowest BCUT2D eigenvalue weighted by molar-refractivity contribution is -0.160. The first-order valence-corrected chi connectivity index (χ1v) is 15.1. The SMILES string of the molecule is Cc1cccc(C)c1-c1cc2nc(n1)NS(=O)(=O)c1cccc(c1)C(=O)NCC(c1ccc(C3(C(F)(F)F)CC3)cc1)O2. The van der Waals surface area contributed by atoms with Crippen LogP contribution in [0.1, 0.15) is 51.6 Å². The van der Waals surface area contributed by atoms with Gasteiger partial charge in [0.25, 0.3) is 15.9 Å². The summed E-state index contributed by atoms with van der Waals surface area (Å²) in [6.45, 7) is 3.72. The third-order valence-electron chi connectivity index (χ3n) is 7.91. The zero-order valence-corrected chi connectivity index (χ0v) is 24.0. The van der Waals surface area contributed by atoms with Crippen LogP contribution in [0.4, 0.5) is 19.1 Å². The Bertz CT molecular complexity index is 1820. The Morgan fingerprint density at radius 2 is 1.60 bits per heavy atom. The van der Waals surface area contributed by atoms with Crippen LogP contribution in [0.25, 0.3) is 11.3 Å². The number of hydrogen-bond donors (Lipinski definition) is 2. The van der Waals surface area contributed by atoms with Gasteiger partial charge in [-0.1, -0.05) is 48.5 Å². The summed E-state index contributed by atoms with van der Waals surface area (Å²) in [7, 11) is -4.19. The number of rotatable bonds is 3. The van der Waals surface area contributed by atoms with Gasteiger partial charge >= 0.3 is 6.18 Å². The molecule has 222 valence electrons. The highest BCUT2D eigenvalue weighted by atomic mass is 32.2. The molecule has 12 heteroatoms. The molecule has 8 nitrogen and oxygen atoms in total. The number of ether oxygens (including phenoxy) is 1. The van der Waals surface area contributed by atoms with E-state index in [1.54, 1.807) is 18.2 Å². The summed E-state index contributed by atoms with van der Waals surface area (Å²) in [4.78, 5) is 21.7. The Morgan fingerprint density at radius 1 is 0.930 bits per heavy atom. The number of amides is 1. The maximum Gasteiger partial charge on any atom is 0.398 e. The van der Waals surface area contributed by atoms with Crippen molar-refractivity contribution in [3.63, 3.8) is 0 Å². The maximum atomic E-state index is 13.7. The van der Waals surface area contributed by atoms with Crippen LogP contribution in [0.15, 0.2) is 77.7 Å². The van der Waals surface area contributed by atoms with Crippen LogP contribution >= 0.6 is 0 Å². The van der Waals surface area contributed by atoms with Crippen LogP contribution < -0.4 is 14.8 Å². The summed E-state index contributed by atoms with van der Waals surface area (Å²) in [5.74, 6) is -0.785. The minimum Gasteiger partial charge on any atom is -0.467 e. The number of aryl methyl sites for hydroxylation is 2. The van der Waals surface area contributed by atoms with Crippen molar-refractivity contribution in [3.05, 3.63) is 101 Å². The van der Waals surface area contributed by atoms with Crippen molar-refractivity contribution in [1.29, 1.82) is 0 Å². The van der Waals surface area contributed by atoms with Gasteiger partial charge in [-0.25, -0.2) is 18.1 Å². The molecule has 1 amide bonds. The lowest BCUT2D eigenvalue weighted by Gasteiger charge is -2.23. The van der Waals surface area contributed by atoms with Crippen LogP contribution in [0, 0.1) is 13.8 Å². The molecule has 4 aromatic rings. The standard InChI is InChI=1S/C31H27F3N4O4S/c1-18-5-3-6-19(2)27(18)24-16-26-37-29(36-24)38-43(40,41)23-8-4-7-21(15-23)28(39)35-17-25(42-26)20-9-11-22(12-10-20)30(13-14-30)31(32,33)34/h3-12,15-16,25H,13-14,17H2,1-2H3,(H,35,39)(H,36,37,38). The van der Waals surface area contributed by atoms with Gasteiger partial charge in [-0.05, 0) is 67.1 Å². The Balaban J connectivity index is 1.46. The number of aromatic nitrogens is 2. The molecule has 6 rings (SSSR count). The summed E-state index contributed by atoms with van der Waals surface area (Å²) in [5.41, 5.74) is 1.88. The summed E-state index contributed by atoms with van der Waals surface area (Å²) < 4.78 is 76.4. The number of nitrogens with zero attached hydrogens (tertiary/aromatic N) is 2. The Hall–Kier alpha value is -4.45. The molecule has 1 atom stereocenters. The van der Waals surface area contributed by atoms with Crippen molar-refractivity contribution >= 4 is 21.9 Å². The number of carbonyl (C=O) groups is 1. The monoisotopic (exact) mass is 608 g/mol. The number of benzene rings is 3. The first-order chi connectivity index (χ1) is 20.4.